The molecule has 0 aromatic carbocycles. The molecule has 0 fully saturated rings. The van der Waals surface area contributed by atoms with Crippen LogP contribution in [0.5, 0.6) is 0 Å². The normalized spacial score (nSPS) is 11.5. The third-order valence-electron chi connectivity index (χ3n) is 3.92. The first-order chi connectivity index (χ1) is 11.5. The van der Waals surface area contributed by atoms with Gasteiger partial charge in [0.2, 0.25) is 0 Å². The van der Waals surface area contributed by atoms with Crippen molar-refractivity contribution in [3.8, 4) is 0 Å². The Morgan fingerprint density at radius 2 is 2.08 bits per heavy atom. The number of carbonyl (C=O) groups excluding carboxylic acids is 1. The molecule has 24 heavy (non-hydrogen) atoms. The van der Waals surface area contributed by atoms with Gasteiger partial charge in [0.15, 0.2) is 5.76 Å². The number of hydrogen-bond donors (Lipinski definition) is 1. The topological polar surface area (TPSA) is 71.3 Å². The lowest BCUT2D eigenvalue weighted by Gasteiger charge is -2.15. The highest BCUT2D eigenvalue weighted by atomic mass is 32.1. The highest BCUT2D eigenvalue weighted by molar-refractivity contribution is 7.09. The fourth-order valence-corrected chi connectivity index (χ4v) is 3.21. The van der Waals surface area contributed by atoms with E-state index in [4.69, 9.17) is 4.52 Å². The van der Waals surface area contributed by atoms with Gasteiger partial charge in [-0.05, 0) is 20.0 Å². The highest BCUT2D eigenvalue weighted by Gasteiger charge is 2.22. The van der Waals surface area contributed by atoms with Crippen LogP contribution in [-0.4, -0.2) is 34.0 Å². The molecule has 6 nitrogen and oxygen atoms in total. The molecular weight excluding hydrogens is 324 g/mol. The highest BCUT2D eigenvalue weighted by Crippen LogP contribution is 2.22. The first-order valence-corrected chi connectivity index (χ1v) is 9.24. The van der Waals surface area contributed by atoms with E-state index in [2.05, 4.69) is 39.6 Å². The fraction of sp³-hybridized carbons (Fsp3) is 0.588. The molecule has 7 heteroatoms. The second kappa shape index (κ2) is 8.39. The van der Waals surface area contributed by atoms with E-state index in [0.29, 0.717) is 23.6 Å². The summed E-state index contributed by atoms with van der Waals surface area (Å²) in [4.78, 5) is 19.4. The number of rotatable bonds is 8. The van der Waals surface area contributed by atoms with Crippen molar-refractivity contribution >= 4 is 17.2 Å². The largest absolute Gasteiger partial charge is 0.360 e. The molecule has 0 atom stereocenters. The van der Waals surface area contributed by atoms with Crippen LogP contribution in [0.25, 0.3) is 0 Å². The summed E-state index contributed by atoms with van der Waals surface area (Å²) in [5, 5.41) is 9.81. The predicted molar refractivity (Wildman–Crippen MR) is 95.2 cm³/mol. The molecule has 0 spiro atoms. The van der Waals surface area contributed by atoms with E-state index in [1.54, 1.807) is 18.3 Å². The molecule has 2 heterocycles. The van der Waals surface area contributed by atoms with Gasteiger partial charge in [-0.3, -0.25) is 9.69 Å². The van der Waals surface area contributed by atoms with E-state index in [9.17, 15) is 4.79 Å². The van der Waals surface area contributed by atoms with Gasteiger partial charge < -0.3 is 9.84 Å². The summed E-state index contributed by atoms with van der Waals surface area (Å²) in [6, 6.07) is 0. The average molecular weight is 350 g/mol. The van der Waals surface area contributed by atoms with E-state index in [1.807, 2.05) is 13.8 Å². The van der Waals surface area contributed by atoms with Gasteiger partial charge in [-0.1, -0.05) is 32.9 Å². The zero-order valence-corrected chi connectivity index (χ0v) is 15.9. The maximum Gasteiger partial charge on any atom is 0.257 e. The first kappa shape index (κ1) is 18.6. The van der Waals surface area contributed by atoms with E-state index in [0.717, 1.165) is 30.3 Å². The van der Waals surface area contributed by atoms with Crippen molar-refractivity contribution < 1.29 is 9.32 Å². The van der Waals surface area contributed by atoms with E-state index in [1.165, 1.54) is 0 Å². The van der Waals surface area contributed by atoms with Crippen molar-refractivity contribution in [3.63, 3.8) is 0 Å². The van der Waals surface area contributed by atoms with Crippen LogP contribution in [0.1, 0.15) is 66.1 Å². The molecule has 0 aliphatic heterocycles. The fourth-order valence-electron chi connectivity index (χ4n) is 2.48. The summed E-state index contributed by atoms with van der Waals surface area (Å²) >= 11 is 1.57. The van der Waals surface area contributed by atoms with Crippen LogP contribution in [0, 0.1) is 6.92 Å². The Morgan fingerprint density at radius 3 is 2.71 bits per heavy atom. The number of aryl methyl sites for hydroxylation is 1. The van der Waals surface area contributed by atoms with Gasteiger partial charge in [-0.2, -0.15) is 0 Å². The molecule has 0 aliphatic rings. The van der Waals surface area contributed by atoms with E-state index >= 15 is 0 Å². The minimum atomic E-state index is -0.155. The summed E-state index contributed by atoms with van der Waals surface area (Å²) in [7, 11) is 0. The quantitative estimate of drug-likeness (QED) is 0.790. The summed E-state index contributed by atoms with van der Waals surface area (Å²) in [6.07, 6.45) is 0. The van der Waals surface area contributed by atoms with Crippen LogP contribution in [0.3, 0.4) is 0 Å². The predicted octanol–water partition coefficient (Wildman–Crippen LogP) is 3.33. The van der Waals surface area contributed by atoms with Gasteiger partial charge in [0, 0.05) is 17.8 Å². The molecule has 0 unspecified atom stereocenters. The lowest BCUT2D eigenvalue weighted by molar-refractivity contribution is 0.0947. The second-order valence-corrected chi connectivity index (χ2v) is 6.98. The lowest BCUT2D eigenvalue weighted by atomic mass is 10.0. The van der Waals surface area contributed by atoms with Crippen molar-refractivity contribution in [1.29, 1.82) is 0 Å². The summed E-state index contributed by atoms with van der Waals surface area (Å²) in [5.74, 6) is 0.594. The monoisotopic (exact) mass is 350 g/mol. The minimum Gasteiger partial charge on any atom is -0.360 e. The number of aromatic nitrogens is 2. The Balaban J connectivity index is 1.98. The number of carbonyl (C=O) groups is 1. The third-order valence-corrected chi connectivity index (χ3v) is 4.82. The number of amides is 1. The Kier molecular flexibility index (Phi) is 6.51. The van der Waals surface area contributed by atoms with Crippen LogP contribution >= 0.6 is 11.3 Å². The molecule has 0 aliphatic carbocycles. The van der Waals surface area contributed by atoms with Gasteiger partial charge in [-0.15, -0.1) is 11.3 Å². The lowest BCUT2D eigenvalue weighted by Crippen LogP contribution is -2.24. The summed E-state index contributed by atoms with van der Waals surface area (Å²) in [6.45, 7) is 13.3. The SMILES string of the molecule is CCN(CC)Cc1csc(CNC(=O)c2c(C)noc2C(C)C)n1. The summed E-state index contributed by atoms with van der Waals surface area (Å²) in [5.41, 5.74) is 2.22. The van der Waals surface area contributed by atoms with Gasteiger partial charge in [-0.25, -0.2) is 4.98 Å². The number of nitrogens with one attached hydrogen (secondary N) is 1. The molecule has 2 aromatic rings. The van der Waals surface area contributed by atoms with Gasteiger partial charge in [0.1, 0.15) is 10.6 Å². The van der Waals surface area contributed by atoms with Crippen molar-refractivity contribution in [2.75, 3.05) is 13.1 Å². The number of hydrogen-bond acceptors (Lipinski definition) is 6. The van der Waals surface area contributed by atoms with Crippen LogP contribution in [0.2, 0.25) is 0 Å². The number of nitrogens with zero attached hydrogens (tertiary/aromatic N) is 3. The van der Waals surface area contributed by atoms with Crippen LogP contribution < -0.4 is 5.32 Å². The standard InChI is InChI=1S/C17H26N4O2S/c1-6-21(7-2)9-13-10-24-14(19-13)8-18-17(22)15-12(5)20-23-16(15)11(3)4/h10-11H,6-9H2,1-5H3,(H,18,22). The maximum absolute atomic E-state index is 12.5. The number of thiazole rings is 1. The summed E-state index contributed by atoms with van der Waals surface area (Å²) < 4.78 is 5.27. The van der Waals surface area contributed by atoms with E-state index in [-0.39, 0.29) is 11.8 Å². The van der Waals surface area contributed by atoms with Gasteiger partial charge in [0.25, 0.3) is 5.91 Å². The van der Waals surface area contributed by atoms with Crippen molar-refractivity contribution in [2.24, 2.45) is 0 Å². The first-order valence-electron chi connectivity index (χ1n) is 8.36. The Labute approximate surface area is 147 Å². The zero-order chi connectivity index (χ0) is 17.7. The zero-order valence-electron chi connectivity index (χ0n) is 15.0. The Morgan fingerprint density at radius 1 is 1.38 bits per heavy atom. The molecule has 2 rings (SSSR count). The molecule has 0 saturated carbocycles. The molecule has 2 aromatic heterocycles. The van der Waals surface area contributed by atoms with Gasteiger partial charge in [0.05, 0.1) is 17.9 Å². The molecule has 0 radical (unpaired) electrons. The van der Waals surface area contributed by atoms with Gasteiger partial charge >= 0.3 is 0 Å². The average Bonchev–Trinajstić information content (AvgIpc) is 3.16. The van der Waals surface area contributed by atoms with Crippen molar-refractivity contribution in [1.82, 2.24) is 20.4 Å². The Bertz CT molecular complexity index is 674. The van der Waals surface area contributed by atoms with E-state index < -0.39 is 0 Å². The molecular formula is C17H26N4O2S. The van der Waals surface area contributed by atoms with Crippen molar-refractivity contribution in [2.45, 2.75) is 53.6 Å². The minimum absolute atomic E-state index is 0.118. The smallest absolute Gasteiger partial charge is 0.257 e. The molecule has 1 N–H and O–H groups in total. The molecule has 0 bridgehead atoms. The van der Waals surface area contributed by atoms with Crippen molar-refractivity contribution in [3.05, 3.63) is 33.1 Å². The third kappa shape index (κ3) is 4.42. The molecule has 132 valence electrons. The Hall–Kier alpha value is -1.73. The second-order valence-electron chi connectivity index (χ2n) is 6.04. The molecule has 1 amide bonds. The maximum atomic E-state index is 12.5. The van der Waals surface area contributed by atoms with Crippen LogP contribution in [0.15, 0.2) is 9.90 Å². The van der Waals surface area contributed by atoms with Crippen LogP contribution in [-0.2, 0) is 13.1 Å². The molecule has 0 saturated heterocycles. The van der Waals surface area contributed by atoms with Crippen LogP contribution in [0.4, 0.5) is 0 Å².